The van der Waals surface area contributed by atoms with Gasteiger partial charge in [-0.3, -0.25) is 4.98 Å². The van der Waals surface area contributed by atoms with Crippen LogP contribution in [0.5, 0.6) is 5.75 Å². The van der Waals surface area contributed by atoms with Gasteiger partial charge in [-0.2, -0.15) is 0 Å². The van der Waals surface area contributed by atoms with E-state index in [0.717, 1.165) is 43.1 Å². The zero-order chi connectivity index (χ0) is 13.8. The topological polar surface area (TPSA) is 51.4 Å². The summed E-state index contributed by atoms with van der Waals surface area (Å²) in [5.41, 5.74) is 8.01. The predicted octanol–water partition coefficient (Wildman–Crippen LogP) is 2.71. The van der Waals surface area contributed by atoms with E-state index in [0.29, 0.717) is 0 Å². The van der Waals surface area contributed by atoms with E-state index in [4.69, 9.17) is 10.5 Å². The third-order valence-corrected chi connectivity index (χ3v) is 3.67. The summed E-state index contributed by atoms with van der Waals surface area (Å²) in [6, 6.07) is 11.8. The van der Waals surface area contributed by atoms with E-state index in [1.54, 1.807) is 12.4 Å². The van der Waals surface area contributed by atoms with Crippen molar-refractivity contribution >= 4 is 11.4 Å². The molecule has 4 heteroatoms. The highest BCUT2D eigenvalue weighted by atomic mass is 16.5. The van der Waals surface area contributed by atoms with Gasteiger partial charge in [-0.15, -0.1) is 0 Å². The smallest absolute Gasteiger partial charge is 0.122 e. The summed E-state index contributed by atoms with van der Waals surface area (Å²) in [7, 11) is 0. The van der Waals surface area contributed by atoms with Crippen LogP contribution in [0.4, 0.5) is 11.4 Å². The zero-order valence-corrected chi connectivity index (χ0v) is 11.4. The molecule has 1 aromatic carbocycles. The number of para-hydroxylation sites is 2. The van der Waals surface area contributed by atoms with Crippen LogP contribution in [0.25, 0.3) is 0 Å². The van der Waals surface area contributed by atoms with Gasteiger partial charge in [0.15, 0.2) is 0 Å². The van der Waals surface area contributed by atoms with E-state index < -0.39 is 0 Å². The van der Waals surface area contributed by atoms with Crippen molar-refractivity contribution in [3.05, 3.63) is 48.8 Å². The van der Waals surface area contributed by atoms with Crippen LogP contribution >= 0.6 is 0 Å². The Kier molecular flexibility index (Phi) is 3.72. The number of aromatic nitrogens is 1. The number of hydrogen-bond acceptors (Lipinski definition) is 4. The van der Waals surface area contributed by atoms with Crippen molar-refractivity contribution in [1.82, 2.24) is 4.98 Å². The summed E-state index contributed by atoms with van der Waals surface area (Å²) in [5, 5.41) is 0. The lowest BCUT2D eigenvalue weighted by atomic mass is 10.1. The van der Waals surface area contributed by atoms with Crippen LogP contribution in [-0.2, 0) is 0 Å². The number of nitrogen functional groups attached to an aromatic ring is 1. The second kappa shape index (κ2) is 5.82. The molecule has 0 spiro atoms. The number of ether oxygens (including phenoxy) is 1. The van der Waals surface area contributed by atoms with Gasteiger partial charge >= 0.3 is 0 Å². The van der Waals surface area contributed by atoms with Gasteiger partial charge in [0.2, 0.25) is 0 Å². The minimum Gasteiger partial charge on any atom is -0.490 e. The SMILES string of the molecule is Nc1ccccc1N1CCC(Oc2ccncc2)CC1. The van der Waals surface area contributed by atoms with Gasteiger partial charge in [0.05, 0.1) is 11.4 Å². The van der Waals surface area contributed by atoms with E-state index >= 15 is 0 Å². The molecular weight excluding hydrogens is 250 g/mol. The van der Waals surface area contributed by atoms with E-state index in [1.165, 1.54) is 0 Å². The van der Waals surface area contributed by atoms with Crippen LogP contribution < -0.4 is 15.4 Å². The summed E-state index contributed by atoms with van der Waals surface area (Å²) in [4.78, 5) is 6.33. The molecule has 3 rings (SSSR count). The molecule has 4 nitrogen and oxygen atoms in total. The van der Waals surface area contributed by atoms with Gasteiger partial charge in [0.25, 0.3) is 0 Å². The predicted molar refractivity (Wildman–Crippen MR) is 81.0 cm³/mol. The van der Waals surface area contributed by atoms with E-state index in [-0.39, 0.29) is 6.10 Å². The van der Waals surface area contributed by atoms with Crippen molar-refractivity contribution in [2.24, 2.45) is 0 Å². The van der Waals surface area contributed by atoms with Crippen molar-refractivity contribution in [2.75, 3.05) is 23.7 Å². The van der Waals surface area contributed by atoms with Crippen LogP contribution in [0.2, 0.25) is 0 Å². The molecule has 1 aromatic heterocycles. The fraction of sp³-hybridized carbons (Fsp3) is 0.312. The maximum Gasteiger partial charge on any atom is 0.122 e. The number of nitrogens with two attached hydrogens (primary N) is 1. The van der Waals surface area contributed by atoms with Crippen molar-refractivity contribution in [3.8, 4) is 5.75 Å². The Hall–Kier alpha value is -2.23. The number of nitrogens with zero attached hydrogens (tertiary/aromatic N) is 2. The highest BCUT2D eigenvalue weighted by Crippen LogP contribution is 2.27. The molecule has 104 valence electrons. The Morgan fingerprint density at radius 3 is 2.45 bits per heavy atom. The third-order valence-electron chi connectivity index (χ3n) is 3.67. The van der Waals surface area contributed by atoms with Gasteiger partial charge in [-0.25, -0.2) is 0 Å². The van der Waals surface area contributed by atoms with Crippen molar-refractivity contribution in [2.45, 2.75) is 18.9 Å². The number of benzene rings is 1. The molecular formula is C16H19N3O. The maximum absolute atomic E-state index is 6.03. The van der Waals surface area contributed by atoms with Gasteiger partial charge in [-0.1, -0.05) is 12.1 Å². The van der Waals surface area contributed by atoms with Crippen LogP contribution in [0, 0.1) is 0 Å². The first-order valence-electron chi connectivity index (χ1n) is 6.99. The third kappa shape index (κ3) is 2.85. The average molecular weight is 269 g/mol. The first-order chi connectivity index (χ1) is 9.83. The molecule has 0 amide bonds. The Morgan fingerprint density at radius 1 is 1.05 bits per heavy atom. The molecule has 2 aromatic rings. The molecule has 0 aliphatic carbocycles. The molecule has 0 bridgehead atoms. The minimum atomic E-state index is 0.276. The first kappa shape index (κ1) is 12.8. The van der Waals surface area contributed by atoms with Crippen LogP contribution in [0.3, 0.4) is 0 Å². The van der Waals surface area contributed by atoms with E-state index in [2.05, 4.69) is 16.0 Å². The monoisotopic (exact) mass is 269 g/mol. The molecule has 1 saturated heterocycles. The number of pyridine rings is 1. The number of piperidine rings is 1. The maximum atomic E-state index is 6.03. The summed E-state index contributed by atoms with van der Waals surface area (Å²) >= 11 is 0. The molecule has 0 atom stereocenters. The summed E-state index contributed by atoms with van der Waals surface area (Å²) in [6.07, 6.45) is 5.82. The fourth-order valence-electron chi connectivity index (χ4n) is 2.60. The minimum absolute atomic E-state index is 0.276. The molecule has 0 radical (unpaired) electrons. The fourth-order valence-corrected chi connectivity index (χ4v) is 2.60. The molecule has 1 fully saturated rings. The van der Waals surface area contributed by atoms with Crippen molar-refractivity contribution in [1.29, 1.82) is 0 Å². The summed E-state index contributed by atoms with van der Waals surface area (Å²) in [5.74, 6) is 0.901. The molecule has 20 heavy (non-hydrogen) atoms. The van der Waals surface area contributed by atoms with Gasteiger partial charge in [0.1, 0.15) is 11.9 Å². The zero-order valence-electron chi connectivity index (χ0n) is 11.4. The number of hydrogen-bond donors (Lipinski definition) is 1. The largest absolute Gasteiger partial charge is 0.490 e. The van der Waals surface area contributed by atoms with Crippen molar-refractivity contribution in [3.63, 3.8) is 0 Å². The summed E-state index contributed by atoms with van der Waals surface area (Å²) < 4.78 is 5.97. The average Bonchev–Trinajstić information content (AvgIpc) is 2.50. The first-order valence-corrected chi connectivity index (χ1v) is 6.99. The lowest BCUT2D eigenvalue weighted by Crippen LogP contribution is -2.38. The Balaban J connectivity index is 1.59. The highest BCUT2D eigenvalue weighted by Gasteiger charge is 2.21. The lowest BCUT2D eigenvalue weighted by molar-refractivity contribution is 0.171. The molecule has 2 N–H and O–H groups in total. The molecule has 1 aliphatic heterocycles. The van der Waals surface area contributed by atoms with Crippen LogP contribution in [-0.4, -0.2) is 24.2 Å². The second-order valence-corrected chi connectivity index (χ2v) is 5.05. The standard InChI is InChI=1S/C16H19N3O/c17-15-3-1-2-4-16(15)19-11-7-14(8-12-19)20-13-5-9-18-10-6-13/h1-6,9-10,14H,7-8,11-12,17H2. The van der Waals surface area contributed by atoms with Crippen LogP contribution in [0.15, 0.2) is 48.8 Å². The van der Waals surface area contributed by atoms with E-state index in [9.17, 15) is 0 Å². The molecule has 2 heterocycles. The van der Waals surface area contributed by atoms with Gasteiger partial charge in [0, 0.05) is 38.3 Å². The molecule has 1 aliphatic rings. The highest BCUT2D eigenvalue weighted by molar-refractivity contribution is 5.67. The lowest BCUT2D eigenvalue weighted by Gasteiger charge is -2.34. The van der Waals surface area contributed by atoms with Gasteiger partial charge in [-0.05, 0) is 24.3 Å². The second-order valence-electron chi connectivity index (χ2n) is 5.05. The quantitative estimate of drug-likeness (QED) is 0.870. The Morgan fingerprint density at radius 2 is 1.75 bits per heavy atom. The normalized spacial score (nSPS) is 16.1. The molecule has 0 unspecified atom stereocenters. The summed E-state index contributed by atoms with van der Waals surface area (Å²) in [6.45, 7) is 1.95. The number of anilines is 2. The number of rotatable bonds is 3. The Bertz CT molecular complexity index is 551. The Labute approximate surface area is 119 Å². The molecule has 0 saturated carbocycles. The van der Waals surface area contributed by atoms with Gasteiger partial charge < -0.3 is 15.4 Å². The van der Waals surface area contributed by atoms with E-state index in [1.807, 2.05) is 30.3 Å². The van der Waals surface area contributed by atoms with Crippen LogP contribution in [0.1, 0.15) is 12.8 Å². The van der Waals surface area contributed by atoms with Crippen molar-refractivity contribution < 1.29 is 4.74 Å².